The van der Waals surface area contributed by atoms with Crippen LogP contribution in [0.5, 0.6) is 11.5 Å². The first-order valence-corrected chi connectivity index (χ1v) is 13.5. The zero-order valence-electron chi connectivity index (χ0n) is 22.8. The number of aromatic nitrogens is 1. The van der Waals surface area contributed by atoms with Crippen molar-refractivity contribution in [1.29, 1.82) is 0 Å². The lowest BCUT2D eigenvalue weighted by atomic mass is 9.90. The number of rotatable bonds is 6. The summed E-state index contributed by atoms with van der Waals surface area (Å²) in [4.78, 5) is 33.7. The molecule has 2 saturated heterocycles. The highest BCUT2D eigenvalue weighted by Gasteiger charge is 2.38. The molecule has 2 aromatic carbocycles. The van der Waals surface area contributed by atoms with Gasteiger partial charge in [0.05, 0.1) is 11.3 Å². The molecule has 1 aromatic heterocycles. The van der Waals surface area contributed by atoms with Crippen LogP contribution in [0, 0.1) is 0 Å². The molecule has 0 aliphatic carbocycles. The summed E-state index contributed by atoms with van der Waals surface area (Å²) in [6, 6.07) is 21.3. The van der Waals surface area contributed by atoms with Gasteiger partial charge in [-0.2, -0.15) is 0 Å². The number of carbonyl (C=O) groups excluding carboxylic acids is 2. The third-order valence-corrected chi connectivity index (χ3v) is 7.27. The molecule has 5 rings (SSSR count). The topological polar surface area (TPSA) is 98.0 Å². The van der Waals surface area contributed by atoms with Gasteiger partial charge in [-0.15, -0.1) is 0 Å². The van der Waals surface area contributed by atoms with Gasteiger partial charge < -0.3 is 20.1 Å². The first-order valence-electron chi connectivity index (χ1n) is 13.5. The normalized spacial score (nSPS) is 16.9. The lowest BCUT2D eigenvalue weighted by molar-refractivity contribution is -0.0197. The molecule has 2 aliphatic heterocycles. The Bertz CT molecular complexity index is 1310. The summed E-state index contributed by atoms with van der Waals surface area (Å²) < 4.78 is 11.4. The second-order valence-electron chi connectivity index (χ2n) is 11.3. The van der Waals surface area contributed by atoms with Gasteiger partial charge in [0.2, 0.25) is 0 Å². The lowest BCUT2D eigenvalue weighted by Crippen LogP contribution is -2.62. The quantitative estimate of drug-likeness (QED) is 0.458. The molecular formula is C31H36N4O4. The van der Waals surface area contributed by atoms with Gasteiger partial charge in [-0.3, -0.25) is 14.7 Å². The van der Waals surface area contributed by atoms with Crippen LogP contribution >= 0.6 is 0 Å². The first kappa shape index (κ1) is 26.7. The molecule has 0 saturated carbocycles. The summed E-state index contributed by atoms with van der Waals surface area (Å²) in [5, 5.41) is 0. The molecule has 0 spiro atoms. The molecule has 0 atom stereocenters. The molecule has 2 fully saturated rings. The third-order valence-electron chi connectivity index (χ3n) is 7.27. The van der Waals surface area contributed by atoms with Crippen molar-refractivity contribution in [1.82, 2.24) is 14.8 Å². The number of carbonyl (C=O) groups is 2. The van der Waals surface area contributed by atoms with Gasteiger partial charge in [0.15, 0.2) is 0 Å². The maximum atomic E-state index is 12.3. The van der Waals surface area contributed by atoms with Crippen LogP contribution in [0.4, 0.5) is 4.79 Å². The van der Waals surface area contributed by atoms with Crippen molar-refractivity contribution in [3.8, 4) is 22.8 Å². The second kappa shape index (κ2) is 11.1. The predicted molar refractivity (Wildman–Crippen MR) is 150 cm³/mol. The number of likely N-dealkylation sites (tertiary alicyclic amines) is 2. The monoisotopic (exact) mass is 528 g/mol. The summed E-state index contributed by atoms with van der Waals surface area (Å²) >= 11 is 0. The van der Waals surface area contributed by atoms with Gasteiger partial charge in [-0.1, -0.05) is 18.2 Å². The number of hydrogen-bond donors (Lipinski definition) is 1. The first-order chi connectivity index (χ1) is 18.7. The van der Waals surface area contributed by atoms with Crippen molar-refractivity contribution in [2.24, 2.45) is 5.73 Å². The molecule has 8 nitrogen and oxygen atoms in total. The lowest BCUT2D eigenvalue weighted by Gasteiger charge is -2.47. The van der Waals surface area contributed by atoms with Crippen LogP contribution in [-0.2, 0) is 4.74 Å². The Kier molecular flexibility index (Phi) is 7.57. The summed E-state index contributed by atoms with van der Waals surface area (Å²) in [5.41, 5.74) is 8.03. The van der Waals surface area contributed by atoms with Crippen LogP contribution < -0.4 is 10.5 Å². The fraction of sp³-hybridized carbons (Fsp3) is 0.387. The van der Waals surface area contributed by atoms with E-state index < -0.39 is 11.5 Å². The zero-order chi connectivity index (χ0) is 27.6. The van der Waals surface area contributed by atoms with Crippen LogP contribution in [0.1, 0.15) is 55.6 Å². The van der Waals surface area contributed by atoms with E-state index in [-0.39, 0.29) is 6.09 Å². The number of piperidine rings is 1. The number of benzene rings is 2. The number of pyridine rings is 1. The smallest absolute Gasteiger partial charge is 0.410 e. The van der Waals surface area contributed by atoms with Crippen LogP contribution in [0.2, 0.25) is 0 Å². The maximum absolute atomic E-state index is 12.3. The number of ether oxygens (including phenoxy) is 2. The number of para-hydroxylation sites is 1. The van der Waals surface area contributed by atoms with Crippen LogP contribution in [0.3, 0.4) is 0 Å². The molecule has 8 heteroatoms. The van der Waals surface area contributed by atoms with Gasteiger partial charge in [0.25, 0.3) is 5.91 Å². The predicted octanol–water partition coefficient (Wildman–Crippen LogP) is 5.44. The van der Waals surface area contributed by atoms with E-state index in [9.17, 15) is 9.59 Å². The van der Waals surface area contributed by atoms with Crippen molar-refractivity contribution in [3.05, 3.63) is 78.0 Å². The van der Waals surface area contributed by atoms with Gasteiger partial charge in [0.1, 0.15) is 17.1 Å². The Morgan fingerprint density at radius 3 is 2.15 bits per heavy atom. The highest BCUT2D eigenvalue weighted by molar-refractivity contribution is 5.98. The van der Waals surface area contributed by atoms with Crippen molar-refractivity contribution in [3.63, 3.8) is 0 Å². The van der Waals surface area contributed by atoms with Crippen LogP contribution in [-0.4, -0.2) is 64.6 Å². The molecular weight excluding hydrogens is 492 g/mol. The van der Waals surface area contributed by atoms with Crippen LogP contribution in [0.15, 0.2) is 66.7 Å². The minimum atomic E-state index is -0.497. The van der Waals surface area contributed by atoms with Crippen molar-refractivity contribution >= 4 is 12.0 Å². The molecule has 2 amide bonds. The largest absolute Gasteiger partial charge is 0.457 e. The minimum Gasteiger partial charge on any atom is -0.457 e. The molecule has 204 valence electrons. The Labute approximate surface area is 229 Å². The summed E-state index contributed by atoms with van der Waals surface area (Å²) in [6.45, 7) is 8.96. The summed E-state index contributed by atoms with van der Waals surface area (Å²) in [7, 11) is 0. The van der Waals surface area contributed by atoms with E-state index in [4.69, 9.17) is 20.2 Å². The van der Waals surface area contributed by atoms with E-state index in [1.165, 1.54) is 0 Å². The molecule has 3 heterocycles. The Hall–Kier alpha value is -3.91. The van der Waals surface area contributed by atoms with Gasteiger partial charge >= 0.3 is 6.09 Å². The maximum Gasteiger partial charge on any atom is 0.410 e. The fourth-order valence-corrected chi connectivity index (χ4v) is 5.15. The molecule has 0 unspecified atom stereocenters. The SMILES string of the molecule is CC(C)(C)OC(=O)N1CC(N2CCC(c3ccc(C(N)=O)c(-c4ccc(Oc5ccccc5)cc4)n3)CC2)C1. The van der Waals surface area contributed by atoms with Crippen LogP contribution in [0.25, 0.3) is 11.3 Å². The van der Waals surface area contributed by atoms with E-state index in [1.54, 1.807) is 11.0 Å². The highest BCUT2D eigenvalue weighted by Crippen LogP contribution is 2.33. The van der Waals surface area contributed by atoms with Crippen molar-refractivity contribution in [2.75, 3.05) is 26.2 Å². The standard InChI is InChI=1S/C31H36N4O4/c1-31(2,3)39-30(37)35-19-23(20-35)34-17-15-21(16-18-34)27-14-13-26(29(32)36)28(33-27)22-9-11-25(12-10-22)38-24-7-5-4-6-8-24/h4-14,21,23H,15-20H2,1-3H3,(H2,32,36). The fourth-order valence-electron chi connectivity index (χ4n) is 5.15. The third kappa shape index (κ3) is 6.40. The van der Waals surface area contributed by atoms with Crippen molar-refractivity contribution in [2.45, 2.75) is 51.2 Å². The Morgan fingerprint density at radius 1 is 0.897 bits per heavy atom. The van der Waals surface area contributed by atoms with E-state index in [0.717, 1.165) is 42.9 Å². The number of primary amides is 1. The molecule has 2 aliphatic rings. The zero-order valence-corrected chi connectivity index (χ0v) is 22.8. The van der Waals surface area contributed by atoms with E-state index in [0.29, 0.717) is 42.1 Å². The summed E-state index contributed by atoms with van der Waals surface area (Å²) in [6.07, 6.45) is 1.70. The number of nitrogens with zero attached hydrogens (tertiary/aromatic N) is 3. The highest BCUT2D eigenvalue weighted by atomic mass is 16.6. The van der Waals surface area contributed by atoms with E-state index in [2.05, 4.69) is 4.90 Å². The van der Waals surface area contributed by atoms with E-state index >= 15 is 0 Å². The average Bonchev–Trinajstić information content (AvgIpc) is 2.88. The number of nitrogens with two attached hydrogens (primary N) is 1. The number of hydrogen-bond acceptors (Lipinski definition) is 6. The summed E-state index contributed by atoms with van der Waals surface area (Å²) in [5.74, 6) is 1.26. The van der Waals surface area contributed by atoms with Gasteiger partial charge in [-0.25, -0.2) is 4.79 Å². The van der Waals surface area contributed by atoms with Gasteiger partial charge in [0, 0.05) is 36.3 Å². The molecule has 0 radical (unpaired) electrons. The molecule has 0 bridgehead atoms. The average molecular weight is 529 g/mol. The Balaban J connectivity index is 1.22. The van der Waals surface area contributed by atoms with Crippen molar-refractivity contribution < 1.29 is 19.1 Å². The second-order valence-corrected chi connectivity index (χ2v) is 11.3. The van der Waals surface area contributed by atoms with E-state index in [1.807, 2.05) is 81.4 Å². The molecule has 3 aromatic rings. The molecule has 2 N–H and O–H groups in total. The molecule has 39 heavy (non-hydrogen) atoms. The minimum absolute atomic E-state index is 0.237. The Morgan fingerprint density at radius 2 is 1.54 bits per heavy atom. The van der Waals surface area contributed by atoms with Gasteiger partial charge in [-0.05, 0) is 95.2 Å². The number of amides is 2.